The van der Waals surface area contributed by atoms with Crippen LogP contribution in [0.25, 0.3) is 0 Å². The van der Waals surface area contributed by atoms with Crippen molar-refractivity contribution in [3.8, 4) is 0 Å². The second-order valence-electron chi connectivity index (χ2n) is 5.62. The lowest BCUT2D eigenvalue weighted by atomic mass is 10.2. The Morgan fingerprint density at radius 3 is 2.58 bits per heavy atom. The Bertz CT molecular complexity index is 705. The van der Waals surface area contributed by atoms with Gasteiger partial charge in [-0.1, -0.05) is 15.9 Å². The molecule has 1 saturated heterocycles. The minimum atomic E-state index is 0.191. The van der Waals surface area contributed by atoms with Crippen molar-refractivity contribution in [2.75, 3.05) is 36.8 Å². The SMILES string of the molecule is Cc1cc(Br)ccc1SCC(=O)N1CCN(c2ncccn2)CC1. The highest BCUT2D eigenvalue weighted by Gasteiger charge is 2.22. The number of carbonyl (C=O) groups is 1. The molecule has 7 heteroatoms. The molecule has 0 unspecified atom stereocenters. The first-order valence-corrected chi connectivity index (χ1v) is 9.60. The van der Waals surface area contributed by atoms with Gasteiger partial charge in [-0.25, -0.2) is 9.97 Å². The normalized spacial score (nSPS) is 14.8. The maximum Gasteiger partial charge on any atom is 0.233 e. The quantitative estimate of drug-likeness (QED) is 0.730. The Kier molecular flexibility index (Phi) is 5.73. The summed E-state index contributed by atoms with van der Waals surface area (Å²) in [7, 11) is 0. The minimum absolute atomic E-state index is 0.191. The third-order valence-electron chi connectivity index (χ3n) is 3.96. The van der Waals surface area contributed by atoms with Crippen LogP contribution in [-0.4, -0.2) is 52.7 Å². The Labute approximate surface area is 154 Å². The summed E-state index contributed by atoms with van der Waals surface area (Å²) >= 11 is 5.07. The number of aromatic nitrogens is 2. The van der Waals surface area contributed by atoms with Crippen LogP contribution in [0.1, 0.15) is 5.56 Å². The molecule has 24 heavy (non-hydrogen) atoms. The van der Waals surface area contributed by atoms with Crippen molar-refractivity contribution in [3.63, 3.8) is 0 Å². The molecule has 0 atom stereocenters. The smallest absolute Gasteiger partial charge is 0.233 e. The lowest BCUT2D eigenvalue weighted by Gasteiger charge is -2.34. The monoisotopic (exact) mass is 406 g/mol. The van der Waals surface area contributed by atoms with E-state index in [0.717, 1.165) is 41.5 Å². The van der Waals surface area contributed by atoms with Crippen molar-refractivity contribution < 1.29 is 4.79 Å². The molecule has 0 saturated carbocycles. The molecule has 3 rings (SSSR count). The van der Waals surface area contributed by atoms with Gasteiger partial charge in [0, 0.05) is 47.9 Å². The molecule has 0 aliphatic carbocycles. The third kappa shape index (κ3) is 4.27. The zero-order chi connectivity index (χ0) is 16.9. The first kappa shape index (κ1) is 17.2. The van der Waals surface area contributed by atoms with Crippen LogP contribution >= 0.6 is 27.7 Å². The number of hydrogen-bond donors (Lipinski definition) is 0. The number of halogens is 1. The lowest BCUT2D eigenvalue weighted by molar-refractivity contribution is -0.128. The van der Waals surface area contributed by atoms with Gasteiger partial charge in [0.1, 0.15) is 0 Å². The molecular formula is C17H19BrN4OS. The van der Waals surface area contributed by atoms with Crippen LogP contribution in [0.5, 0.6) is 0 Å². The van der Waals surface area contributed by atoms with E-state index in [4.69, 9.17) is 0 Å². The molecule has 0 bridgehead atoms. The molecule has 1 amide bonds. The molecule has 0 N–H and O–H groups in total. The van der Waals surface area contributed by atoms with E-state index < -0.39 is 0 Å². The summed E-state index contributed by atoms with van der Waals surface area (Å²) in [6.07, 6.45) is 3.49. The van der Waals surface area contributed by atoms with Gasteiger partial charge in [-0.05, 0) is 36.8 Å². The van der Waals surface area contributed by atoms with E-state index in [1.807, 2.05) is 17.0 Å². The predicted octanol–water partition coefficient (Wildman–Crippen LogP) is 2.99. The van der Waals surface area contributed by atoms with Gasteiger partial charge < -0.3 is 9.80 Å². The summed E-state index contributed by atoms with van der Waals surface area (Å²) in [5, 5.41) is 0. The number of aryl methyl sites for hydroxylation is 1. The fourth-order valence-corrected chi connectivity index (χ4v) is 4.00. The standard InChI is InChI=1S/C17H19BrN4OS/c1-13-11-14(18)3-4-15(13)24-12-16(23)21-7-9-22(10-8-21)17-19-5-2-6-20-17/h2-6,11H,7-10,12H2,1H3. The molecule has 1 aliphatic heterocycles. The average Bonchev–Trinajstić information content (AvgIpc) is 2.62. The van der Waals surface area contributed by atoms with Crippen molar-refractivity contribution >= 4 is 39.5 Å². The van der Waals surface area contributed by atoms with Gasteiger partial charge in [-0.3, -0.25) is 4.79 Å². The van der Waals surface area contributed by atoms with E-state index in [2.05, 4.69) is 49.9 Å². The van der Waals surface area contributed by atoms with Crippen LogP contribution in [0, 0.1) is 6.92 Å². The summed E-state index contributed by atoms with van der Waals surface area (Å²) < 4.78 is 1.06. The fourth-order valence-electron chi connectivity index (χ4n) is 2.62. The zero-order valence-electron chi connectivity index (χ0n) is 13.5. The number of carbonyl (C=O) groups excluding carboxylic acids is 1. The highest BCUT2D eigenvalue weighted by molar-refractivity contribution is 9.10. The fraction of sp³-hybridized carbons (Fsp3) is 0.353. The van der Waals surface area contributed by atoms with E-state index >= 15 is 0 Å². The number of rotatable bonds is 4. The van der Waals surface area contributed by atoms with Crippen LogP contribution in [0.3, 0.4) is 0 Å². The third-order valence-corrected chi connectivity index (χ3v) is 5.61. The van der Waals surface area contributed by atoms with E-state index in [9.17, 15) is 4.79 Å². The van der Waals surface area contributed by atoms with Crippen LogP contribution in [0.4, 0.5) is 5.95 Å². The Morgan fingerprint density at radius 1 is 1.21 bits per heavy atom. The van der Waals surface area contributed by atoms with E-state index in [-0.39, 0.29) is 5.91 Å². The summed E-state index contributed by atoms with van der Waals surface area (Å²) in [6.45, 7) is 5.06. The molecule has 1 fully saturated rings. The summed E-state index contributed by atoms with van der Waals surface area (Å²) in [6, 6.07) is 7.95. The zero-order valence-corrected chi connectivity index (χ0v) is 15.9. The Morgan fingerprint density at radius 2 is 1.92 bits per heavy atom. The van der Waals surface area contributed by atoms with Crippen LogP contribution < -0.4 is 4.90 Å². The molecule has 1 aromatic heterocycles. The number of benzene rings is 1. The molecular weight excluding hydrogens is 388 g/mol. The second kappa shape index (κ2) is 7.98. The molecule has 1 aromatic carbocycles. The van der Waals surface area contributed by atoms with Gasteiger partial charge in [0.2, 0.25) is 11.9 Å². The first-order chi connectivity index (χ1) is 11.6. The van der Waals surface area contributed by atoms with Crippen LogP contribution in [-0.2, 0) is 4.79 Å². The molecule has 126 valence electrons. The highest BCUT2D eigenvalue weighted by atomic mass is 79.9. The largest absolute Gasteiger partial charge is 0.338 e. The number of thioether (sulfide) groups is 1. The van der Waals surface area contributed by atoms with E-state index in [0.29, 0.717) is 5.75 Å². The van der Waals surface area contributed by atoms with E-state index in [1.54, 1.807) is 24.2 Å². The molecule has 2 aromatic rings. The van der Waals surface area contributed by atoms with Gasteiger partial charge in [-0.2, -0.15) is 0 Å². The number of nitrogens with zero attached hydrogens (tertiary/aromatic N) is 4. The van der Waals surface area contributed by atoms with Crippen molar-refractivity contribution in [1.82, 2.24) is 14.9 Å². The summed E-state index contributed by atoms with van der Waals surface area (Å²) in [5.74, 6) is 1.41. The second-order valence-corrected chi connectivity index (χ2v) is 7.55. The Hall–Kier alpha value is -1.60. The van der Waals surface area contributed by atoms with Gasteiger partial charge in [0.05, 0.1) is 5.75 Å². The van der Waals surface area contributed by atoms with Gasteiger partial charge in [0.15, 0.2) is 0 Å². The van der Waals surface area contributed by atoms with Crippen molar-refractivity contribution in [2.24, 2.45) is 0 Å². The van der Waals surface area contributed by atoms with Crippen LogP contribution in [0.15, 0.2) is 46.0 Å². The minimum Gasteiger partial charge on any atom is -0.338 e. The van der Waals surface area contributed by atoms with Gasteiger partial charge in [-0.15, -0.1) is 11.8 Å². The summed E-state index contributed by atoms with van der Waals surface area (Å²) in [5.41, 5.74) is 1.19. The number of piperazine rings is 1. The maximum atomic E-state index is 12.4. The summed E-state index contributed by atoms with van der Waals surface area (Å²) in [4.78, 5) is 26.2. The number of amides is 1. The number of hydrogen-bond acceptors (Lipinski definition) is 5. The van der Waals surface area contributed by atoms with Crippen molar-refractivity contribution in [3.05, 3.63) is 46.7 Å². The van der Waals surface area contributed by atoms with Crippen molar-refractivity contribution in [1.29, 1.82) is 0 Å². The highest BCUT2D eigenvalue weighted by Crippen LogP contribution is 2.25. The van der Waals surface area contributed by atoms with E-state index in [1.165, 1.54) is 5.56 Å². The van der Waals surface area contributed by atoms with Crippen molar-refractivity contribution in [2.45, 2.75) is 11.8 Å². The topological polar surface area (TPSA) is 49.3 Å². The maximum absolute atomic E-state index is 12.4. The molecule has 5 nitrogen and oxygen atoms in total. The molecule has 2 heterocycles. The lowest BCUT2D eigenvalue weighted by Crippen LogP contribution is -2.49. The van der Waals surface area contributed by atoms with Gasteiger partial charge in [0.25, 0.3) is 0 Å². The van der Waals surface area contributed by atoms with Gasteiger partial charge >= 0.3 is 0 Å². The average molecular weight is 407 g/mol. The number of anilines is 1. The van der Waals surface area contributed by atoms with Crippen LogP contribution in [0.2, 0.25) is 0 Å². The molecule has 1 aliphatic rings. The molecule has 0 radical (unpaired) electrons. The Balaban J connectivity index is 1.50. The molecule has 0 spiro atoms. The predicted molar refractivity (Wildman–Crippen MR) is 100 cm³/mol. The first-order valence-electron chi connectivity index (χ1n) is 7.82.